The molecule has 11 heavy (non-hydrogen) atoms. The van der Waals surface area contributed by atoms with Crippen LogP contribution in [0.1, 0.15) is 12.8 Å². The number of hydrogen-bond donors (Lipinski definition) is 2. The molecule has 1 atom stereocenters. The number of hydrazine groups is 1. The highest BCUT2D eigenvalue weighted by atomic mass is 35.5. The highest BCUT2D eigenvalue weighted by Gasteiger charge is 2.11. The molecule has 0 aromatic rings. The van der Waals surface area contributed by atoms with Crippen molar-refractivity contribution in [1.29, 1.82) is 0 Å². The lowest BCUT2D eigenvalue weighted by Gasteiger charge is -2.20. The van der Waals surface area contributed by atoms with E-state index in [1.54, 1.807) is 0 Å². The maximum Gasteiger partial charge on any atom is 0.0506 e. The van der Waals surface area contributed by atoms with Crippen molar-refractivity contribution in [3.05, 3.63) is 0 Å². The highest BCUT2D eigenvalue weighted by molar-refractivity contribution is 5.85. The van der Waals surface area contributed by atoms with Crippen LogP contribution in [0.25, 0.3) is 0 Å². The Labute approximate surface area is 79.8 Å². The van der Waals surface area contributed by atoms with Crippen LogP contribution < -0.4 is 11.3 Å². The van der Waals surface area contributed by atoms with Crippen molar-refractivity contribution in [2.45, 2.75) is 12.8 Å². The summed E-state index contributed by atoms with van der Waals surface area (Å²) in [4.78, 5) is 0. The molecule has 0 bridgehead atoms. The zero-order chi connectivity index (χ0) is 6.53. The lowest BCUT2D eigenvalue weighted by molar-refractivity contribution is 0.0549. The Bertz CT molecular complexity index is 76.2. The molecule has 1 saturated heterocycles. The second kappa shape index (κ2) is 8.56. The Hall–Kier alpha value is 0.460. The number of ether oxygens (including phenoxy) is 1. The predicted molar refractivity (Wildman–Crippen MR) is 50.2 cm³/mol. The van der Waals surface area contributed by atoms with Gasteiger partial charge in [-0.3, -0.25) is 11.3 Å². The first-order valence-electron chi connectivity index (χ1n) is 3.44. The first-order valence-corrected chi connectivity index (χ1v) is 3.44. The number of halogens is 2. The minimum atomic E-state index is 0. The molecule has 0 spiro atoms. The van der Waals surface area contributed by atoms with Crippen molar-refractivity contribution < 1.29 is 4.74 Å². The maximum atomic E-state index is 5.24. The van der Waals surface area contributed by atoms with Gasteiger partial charge in [-0.15, -0.1) is 24.8 Å². The zero-order valence-electron chi connectivity index (χ0n) is 6.41. The van der Waals surface area contributed by atoms with E-state index in [2.05, 4.69) is 5.43 Å². The van der Waals surface area contributed by atoms with Crippen LogP contribution in [0.5, 0.6) is 0 Å². The first-order chi connectivity index (χ1) is 4.43. The average Bonchev–Trinajstić information content (AvgIpc) is 1.91. The monoisotopic (exact) mass is 202 g/mol. The summed E-state index contributed by atoms with van der Waals surface area (Å²) in [6.07, 6.45) is 2.44. The van der Waals surface area contributed by atoms with Gasteiger partial charge in [-0.2, -0.15) is 0 Å². The number of hydrogen-bond acceptors (Lipinski definition) is 3. The van der Waals surface area contributed by atoms with E-state index in [-0.39, 0.29) is 24.8 Å². The van der Waals surface area contributed by atoms with Crippen molar-refractivity contribution in [2.24, 2.45) is 11.8 Å². The average molecular weight is 203 g/mol. The van der Waals surface area contributed by atoms with Gasteiger partial charge in [0.05, 0.1) is 6.61 Å². The van der Waals surface area contributed by atoms with Crippen molar-refractivity contribution >= 4 is 24.8 Å². The lowest BCUT2D eigenvalue weighted by atomic mass is 10.0. The zero-order valence-corrected chi connectivity index (χ0v) is 8.05. The van der Waals surface area contributed by atoms with E-state index in [4.69, 9.17) is 10.6 Å². The Morgan fingerprint density at radius 1 is 1.45 bits per heavy atom. The molecule has 3 N–H and O–H groups in total. The molecular formula is C6H16Cl2N2O. The van der Waals surface area contributed by atoms with Gasteiger partial charge in [0.1, 0.15) is 0 Å². The molecule has 0 aromatic heterocycles. The van der Waals surface area contributed by atoms with Crippen LogP contribution in [0, 0.1) is 5.92 Å². The Morgan fingerprint density at radius 3 is 2.64 bits per heavy atom. The van der Waals surface area contributed by atoms with Gasteiger partial charge < -0.3 is 4.74 Å². The van der Waals surface area contributed by atoms with Gasteiger partial charge >= 0.3 is 0 Å². The van der Waals surface area contributed by atoms with Gasteiger partial charge in [0.25, 0.3) is 0 Å². The molecule has 1 aliphatic rings. The molecule has 0 aliphatic carbocycles. The van der Waals surface area contributed by atoms with Crippen LogP contribution in [0.15, 0.2) is 0 Å². The molecule has 1 heterocycles. The van der Waals surface area contributed by atoms with Gasteiger partial charge in [0, 0.05) is 13.2 Å². The van der Waals surface area contributed by atoms with Gasteiger partial charge in [0.2, 0.25) is 0 Å². The second-order valence-electron chi connectivity index (χ2n) is 2.49. The first kappa shape index (κ1) is 14.0. The molecule has 0 radical (unpaired) electrons. The van der Waals surface area contributed by atoms with Crippen LogP contribution >= 0.6 is 24.8 Å². The number of nitrogens with two attached hydrogens (primary N) is 1. The lowest BCUT2D eigenvalue weighted by Crippen LogP contribution is -2.33. The minimum Gasteiger partial charge on any atom is -0.381 e. The fraction of sp³-hybridized carbons (Fsp3) is 1.00. The van der Waals surface area contributed by atoms with Crippen molar-refractivity contribution in [2.75, 3.05) is 19.8 Å². The van der Waals surface area contributed by atoms with Crippen LogP contribution in [-0.4, -0.2) is 19.8 Å². The summed E-state index contributed by atoms with van der Waals surface area (Å²) in [5, 5.41) is 0. The molecule has 1 rings (SSSR count). The van der Waals surface area contributed by atoms with Crippen LogP contribution in [0.3, 0.4) is 0 Å². The van der Waals surface area contributed by atoms with Crippen molar-refractivity contribution in [3.63, 3.8) is 0 Å². The summed E-state index contributed by atoms with van der Waals surface area (Å²) in [6.45, 7) is 2.70. The Balaban J connectivity index is 0. The van der Waals surface area contributed by atoms with E-state index in [1.165, 1.54) is 12.8 Å². The normalized spacial score (nSPS) is 23.2. The number of nitrogens with one attached hydrogen (secondary N) is 1. The minimum absolute atomic E-state index is 0. The smallest absolute Gasteiger partial charge is 0.0506 e. The van der Waals surface area contributed by atoms with Gasteiger partial charge in [0.15, 0.2) is 0 Å². The fourth-order valence-electron chi connectivity index (χ4n) is 1.14. The Morgan fingerprint density at radius 2 is 2.18 bits per heavy atom. The third-order valence-electron chi connectivity index (χ3n) is 1.66. The molecular weight excluding hydrogens is 187 g/mol. The molecule has 1 fully saturated rings. The molecule has 0 saturated carbocycles. The maximum absolute atomic E-state index is 5.24. The molecule has 5 heteroatoms. The molecule has 0 amide bonds. The summed E-state index contributed by atoms with van der Waals surface area (Å²) in [6, 6.07) is 0. The largest absolute Gasteiger partial charge is 0.381 e. The molecule has 3 nitrogen and oxygen atoms in total. The van der Waals surface area contributed by atoms with E-state index >= 15 is 0 Å². The Kier molecular flexibility index (Phi) is 10.9. The summed E-state index contributed by atoms with van der Waals surface area (Å²) in [7, 11) is 0. The van der Waals surface area contributed by atoms with Crippen molar-refractivity contribution in [3.8, 4) is 0 Å². The van der Waals surface area contributed by atoms with Crippen LogP contribution in [0.4, 0.5) is 0 Å². The summed E-state index contributed by atoms with van der Waals surface area (Å²) >= 11 is 0. The van der Waals surface area contributed by atoms with E-state index in [0.717, 1.165) is 19.8 Å². The van der Waals surface area contributed by atoms with Gasteiger partial charge in [-0.1, -0.05) is 0 Å². The summed E-state index contributed by atoms with van der Waals surface area (Å²) in [5.41, 5.74) is 2.66. The third kappa shape index (κ3) is 5.70. The predicted octanol–water partition coefficient (Wildman–Crippen LogP) is 0.720. The summed E-state index contributed by atoms with van der Waals surface area (Å²) < 4.78 is 5.24. The van der Waals surface area contributed by atoms with Crippen LogP contribution in [0.2, 0.25) is 0 Å². The quantitative estimate of drug-likeness (QED) is 0.513. The second-order valence-corrected chi connectivity index (χ2v) is 2.49. The molecule has 70 valence electrons. The molecule has 0 aromatic carbocycles. The standard InChI is InChI=1S/C6H14N2O.2ClH/c7-8-4-6-2-1-3-9-5-6;;/h6,8H,1-5,7H2;2*1H. The van der Waals surface area contributed by atoms with E-state index in [9.17, 15) is 0 Å². The van der Waals surface area contributed by atoms with Crippen molar-refractivity contribution in [1.82, 2.24) is 5.43 Å². The molecule has 1 unspecified atom stereocenters. The highest BCUT2D eigenvalue weighted by Crippen LogP contribution is 2.11. The number of rotatable bonds is 2. The topological polar surface area (TPSA) is 47.3 Å². The van der Waals surface area contributed by atoms with E-state index in [1.807, 2.05) is 0 Å². The summed E-state index contributed by atoms with van der Waals surface area (Å²) in [5.74, 6) is 5.80. The SMILES string of the molecule is Cl.Cl.NNCC1CCCOC1. The van der Waals surface area contributed by atoms with Crippen LogP contribution in [-0.2, 0) is 4.74 Å². The third-order valence-corrected chi connectivity index (χ3v) is 1.66. The van der Waals surface area contributed by atoms with E-state index < -0.39 is 0 Å². The van der Waals surface area contributed by atoms with Gasteiger partial charge in [-0.25, -0.2) is 0 Å². The fourth-order valence-corrected chi connectivity index (χ4v) is 1.14. The molecule has 1 aliphatic heterocycles. The van der Waals surface area contributed by atoms with Gasteiger partial charge in [-0.05, 0) is 18.8 Å². The van der Waals surface area contributed by atoms with E-state index in [0.29, 0.717) is 5.92 Å².